The summed E-state index contributed by atoms with van der Waals surface area (Å²) in [6.45, 7) is 6.42. The van der Waals surface area contributed by atoms with Gasteiger partial charge in [0.1, 0.15) is 6.10 Å². The molecule has 5 rings (SSSR count). The summed E-state index contributed by atoms with van der Waals surface area (Å²) in [7, 11) is -4.55. The molecule has 0 fully saturated rings. The van der Waals surface area contributed by atoms with Gasteiger partial charge in [0, 0.05) is 9.80 Å². The van der Waals surface area contributed by atoms with Crippen molar-refractivity contribution in [2.75, 3.05) is 0 Å². The van der Waals surface area contributed by atoms with E-state index < -0.39 is 25.2 Å². The molecule has 2 nitrogen and oxygen atoms in total. The van der Waals surface area contributed by atoms with Crippen LogP contribution >= 0.6 is 0 Å². The Balaban J connectivity index is 1.72. The first-order chi connectivity index (χ1) is 18.6. The van der Waals surface area contributed by atoms with Crippen LogP contribution < -0.4 is 15.6 Å². The molecular formula is C34H30O2SSi. The van der Waals surface area contributed by atoms with E-state index in [2.05, 4.69) is 79.4 Å². The van der Waals surface area contributed by atoms with E-state index in [9.17, 15) is 4.21 Å². The molecule has 2 atom stereocenters. The number of hydrogen-bond donors (Lipinski definition) is 0. The van der Waals surface area contributed by atoms with Gasteiger partial charge in [-0.2, -0.15) is 0 Å². The molecule has 38 heavy (non-hydrogen) atoms. The van der Waals surface area contributed by atoms with Crippen LogP contribution in [0.25, 0.3) is 0 Å². The minimum Gasteiger partial charge on any atom is -0.392 e. The second-order valence-corrected chi connectivity index (χ2v) is 14.1. The van der Waals surface area contributed by atoms with Crippen molar-refractivity contribution in [2.45, 2.75) is 17.9 Å². The zero-order valence-corrected chi connectivity index (χ0v) is 23.2. The van der Waals surface area contributed by atoms with E-state index in [-0.39, 0.29) is 0 Å². The molecule has 0 amide bonds. The average molecular weight is 531 g/mol. The van der Waals surface area contributed by atoms with E-state index >= 15 is 0 Å². The molecule has 0 aliphatic carbocycles. The van der Waals surface area contributed by atoms with Gasteiger partial charge < -0.3 is 4.43 Å². The van der Waals surface area contributed by atoms with Crippen LogP contribution in [0.3, 0.4) is 0 Å². The van der Waals surface area contributed by atoms with Gasteiger partial charge in [0.2, 0.25) is 0 Å². The van der Waals surface area contributed by atoms with E-state index in [0.717, 1.165) is 31.6 Å². The molecule has 0 aliphatic rings. The zero-order chi connectivity index (χ0) is 26.4. The third-order valence-electron chi connectivity index (χ3n) is 6.70. The average Bonchev–Trinajstić information content (AvgIpc) is 2.99. The fourth-order valence-electron chi connectivity index (χ4n) is 4.76. The lowest BCUT2D eigenvalue weighted by atomic mass is 10.1. The molecule has 0 spiro atoms. The second-order valence-electron chi connectivity index (χ2n) is 9.24. The SMILES string of the molecule is C=C(C(O[Si](c1ccccc1)(c1ccccc1)c1ccccc1)c1ccccc1)[S@@](=O)c1ccc(C)cc1. The van der Waals surface area contributed by atoms with E-state index in [1.54, 1.807) is 0 Å². The molecule has 4 heteroatoms. The molecule has 5 aromatic rings. The van der Waals surface area contributed by atoms with Crippen LogP contribution in [0.2, 0.25) is 0 Å². The molecule has 0 aliphatic heterocycles. The predicted molar refractivity (Wildman–Crippen MR) is 161 cm³/mol. The molecule has 1 unspecified atom stereocenters. The molecular weight excluding hydrogens is 501 g/mol. The number of rotatable bonds is 9. The van der Waals surface area contributed by atoms with Gasteiger partial charge in [-0.15, -0.1) is 0 Å². The summed E-state index contributed by atoms with van der Waals surface area (Å²) in [5.41, 5.74) is 2.05. The van der Waals surface area contributed by atoms with Crippen molar-refractivity contribution >= 4 is 34.7 Å². The zero-order valence-electron chi connectivity index (χ0n) is 21.4. The Labute approximate surface area is 228 Å². The number of aryl methyl sites for hydroxylation is 1. The Hall–Kier alpha value is -3.83. The van der Waals surface area contributed by atoms with Gasteiger partial charge in [-0.05, 0) is 40.2 Å². The lowest BCUT2D eigenvalue weighted by Crippen LogP contribution is -2.69. The van der Waals surface area contributed by atoms with Crippen LogP contribution in [-0.2, 0) is 15.2 Å². The summed E-state index contributed by atoms with van der Waals surface area (Å²) < 4.78 is 21.4. The van der Waals surface area contributed by atoms with Crippen molar-refractivity contribution in [3.8, 4) is 0 Å². The van der Waals surface area contributed by atoms with Gasteiger partial charge >= 0.3 is 0 Å². The number of benzene rings is 5. The van der Waals surface area contributed by atoms with Gasteiger partial charge in [-0.1, -0.05) is 146 Å². The van der Waals surface area contributed by atoms with Crippen LogP contribution in [0.4, 0.5) is 0 Å². The lowest BCUT2D eigenvalue weighted by Gasteiger charge is -2.37. The first-order valence-corrected chi connectivity index (χ1v) is 15.7. The maximum atomic E-state index is 13.9. The predicted octanol–water partition coefficient (Wildman–Crippen LogP) is 6.04. The Kier molecular flexibility index (Phi) is 7.94. The fraction of sp³-hybridized carbons (Fsp3) is 0.0588. The Morgan fingerprint density at radius 2 is 1.03 bits per heavy atom. The highest BCUT2D eigenvalue weighted by atomic mass is 32.2. The van der Waals surface area contributed by atoms with Crippen molar-refractivity contribution in [3.63, 3.8) is 0 Å². The molecule has 0 bridgehead atoms. The minimum absolute atomic E-state index is 0.528. The highest BCUT2D eigenvalue weighted by molar-refractivity contribution is 7.89. The van der Waals surface area contributed by atoms with Crippen LogP contribution in [-0.4, -0.2) is 12.5 Å². The van der Waals surface area contributed by atoms with Gasteiger partial charge in [-0.3, -0.25) is 0 Å². The molecule has 0 saturated heterocycles. The van der Waals surface area contributed by atoms with Crippen LogP contribution in [0.5, 0.6) is 0 Å². The second kappa shape index (κ2) is 11.7. The molecule has 0 aromatic heterocycles. The van der Waals surface area contributed by atoms with E-state index in [1.165, 1.54) is 0 Å². The molecule has 5 aromatic carbocycles. The normalized spacial score (nSPS) is 13.0. The third kappa shape index (κ3) is 5.25. The number of hydrogen-bond acceptors (Lipinski definition) is 2. The Bertz CT molecular complexity index is 1410. The Morgan fingerprint density at radius 3 is 1.45 bits per heavy atom. The highest BCUT2D eigenvalue weighted by Crippen LogP contribution is 2.33. The van der Waals surface area contributed by atoms with Crippen molar-refractivity contribution in [3.05, 3.63) is 168 Å². The third-order valence-corrected chi connectivity index (χ3v) is 12.1. The first-order valence-electron chi connectivity index (χ1n) is 12.7. The summed E-state index contributed by atoms with van der Waals surface area (Å²) in [6.07, 6.45) is -0.592. The lowest BCUT2D eigenvalue weighted by molar-refractivity contribution is 0.254. The first kappa shape index (κ1) is 25.8. The maximum absolute atomic E-state index is 13.9. The highest BCUT2D eigenvalue weighted by Gasteiger charge is 2.45. The fourth-order valence-corrected chi connectivity index (χ4v) is 9.93. The maximum Gasteiger partial charge on any atom is 0.289 e. The molecule has 0 heterocycles. The Morgan fingerprint density at radius 1 is 0.632 bits per heavy atom. The summed E-state index contributed by atoms with van der Waals surface area (Å²) in [6, 6.07) is 49.1. The van der Waals surface area contributed by atoms with Crippen LogP contribution in [0, 0.1) is 6.92 Å². The molecule has 0 N–H and O–H groups in total. The van der Waals surface area contributed by atoms with Crippen molar-refractivity contribution < 1.29 is 8.63 Å². The standard InChI is InChI=1S/C34H30O2SSi/c1-27-23-25-30(26-24-27)37(35)28(2)34(29-15-7-3-8-16-29)36-38(31-17-9-4-10-18-31,32-19-11-5-12-20-32)33-21-13-6-14-22-33/h3-26,34H,2H2,1H3/t34?,37-/m1/s1. The minimum atomic E-state index is -3.08. The van der Waals surface area contributed by atoms with Crippen molar-refractivity contribution in [1.29, 1.82) is 0 Å². The van der Waals surface area contributed by atoms with Crippen molar-refractivity contribution in [2.24, 2.45) is 0 Å². The van der Waals surface area contributed by atoms with E-state index in [4.69, 9.17) is 4.43 Å². The van der Waals surface area contributed by atoms with Crippen LogP contribution in [0.15, 0.2) is 162 Å². The van der Waals surface area contributed by atoms with Crippen molar-refractivity contribution in [1.82, 2.24) is 0 Å². The smallest absolute Gasteiger partial charge is 0.289 e. The van der Waals surface area contributed by atoms with Crippen LogP contribution in [0.1, 0.15) is 17.2 Å². The topological polar surface area (TPSA) is 26.3 Å². The largest absolute Gasteiger partial charge is 0.392 e. The molecule has 0 saturated carbocycles. The van der Waals surface area contributed by atoms with E-state index in [0.29, 0.717) is 4.91 Å². The van der Waals surface area contributed by atoms with Gasteiger partial charge in [-0.25, -0.2) is 4.21 Å². The van der Waals surface area contributed by atoms with Gasteiger partial charge in [0.25, 0.3) is 8.32 Å². The summed E-state index contributed by atoms with van der Waals surface area (Å²) in [4.78, 5) is 1.25. The monoisotopic (exact) mass is 530 g/mol. The van der Waals surface area contributed by atoms with E-state index in [1.807, 2.05) is 79.7 Å². The molecule has 188 valence electrons. The molecule has 0 radical (unpaired) electrons. The summed E-state index contributed by atoms with van der Waals surface area (Å²) in [5, 5.41) is 3.35. The van der Waals surface area contributed by atoms with Gasteiger partial charge in [0.05, 0.1) is 10.8 Å². The summed E-state index contributed by atoms with van der Waals surface area (Å²) in [5.74, 6) is 0. The summed E-state index contributed by atoms with van der Waals surface area (Å²) >= 11 is 0. The quantitative estimate of drug-likeness (QED) is 0.172. The van der Waals surface area contributed by atoms with Gasteiger partial charge in [0.15, 0.2) is 0 Å².